The first-order valence-corrected chi connectivity index (χ1v) is 9.01. The zero-order valence-corrected chi connectivity index (χ0v) is 15.1. The molecule has 0 aliphatic heterocycles. The largest absolute Gasteiger partial charge is 0.330 e. The maximum absolute atomic E-state index is 12.1. The smallest absolute Gasteiger partial charge is 0.303 e. The van der Waals surface area contributed by atoms with Gasteiger partial charge in [0, 0.05) is 31.2 Å². The van der Waals surface area contributed by atoms with E-state index in [4.69, 9.17) is 0 Å². The Hall–Kier alpha value is -2.48. The molecule has 7 nitrogen and oxygen atoms in total. The van der Waals surface area contributed by atoms with Crippen molar-refractivity contribution in [2.45, 2.75) is 32.1 Å². The summed E-state index contributed by atoms with van der Waals surface area (Å²) in [5.74, 6) is -0.347. The molecule has 8 heteroatoms. The Labute approximate surface area is 148 Å². The van der Waals surface area contributed by atoms with Crippen LogP contribution < -0.4 is 16.6 Å². The second-order valence-electron chi connectivity index (χ2n) is 6.11. The van der Waals surface area contributed by atoms with Crippen molar-refractivity contribution in [2.75, 3.05) is 5.32 Å². The monoisotopic (exact) mass is 360 g/mol. The maximum atomic E-state index is 12.1. The number of hydrogen-bond acceptors (Lipinski definition) is 5. The predicted molar refractivity (Wildman–Crippen MR) is 98.0 cm³/mol. The van der Waals surface area contributed by atoms with Crippen molar-refractivity contribution in [2.24, 2.45) is 14.1 Å². The molecule has 0 radical (unpaired) electrons. The van der Waals surface area contributed by atoms with Crippen molar-refractivity contribution in [3.63, 3.8) is 0 Å². The standard InChI is InChI=1S/C17H20N4O3S/c1-20-10-11(15(23)21(2)17(20)24)8-9-14(22)19-16-18-12-6-4-3-5-7-13(12)25-16/h8-10H,3-7H2,1-2H3,(H,18,19,22)/b9-8+. The lowest BCUT2D eigenvalue weighted by Gasteiger charge is -2.03. The zero-order chi connectivity index (χ0) is 18.0. The van der Waals surface area contributed by atoms with Crippen molar-refractivity contribution >= 4 is 28.5 Å². The highest BCUT2D eigenvalue weighted by Gasteiger charge is 2.14. The molecule has 132 valence electrons. The quantitative estimate of drug-likeness (QED) is 0.663. The molecule has 0 fully saturated rings. The minimum Gasteiger partial charge on any atom is -0.303 e. The second-order valence-corrected chi connectivity index (χ2v) is 7.20. The number of nitrogens with zero attached hydrogens (tertiary/aromatic N) is 3. The molecular formula is C17H20N4O3S. The summed E-state index contributed by atoms with van der Waals surface area (Å²) in [6, 6.07) is 0. The van der Waals surface area contributed by atoms with Gasteiger partial charge in [-0.25, -0.2) is 9.78 Å². The molecule has 25 heavy (non-hydrogen) atoms. The number of fused-ring (bicyclic) bond motifs is 1. The molecule has 2 heterocycles. The van der Waals surface area contributed by atoms with E-state index in [1.165, 1.54) is 59.0 Å². The third kappa shape index (κ3) is 3.79. The third-order valence-electron chi connectivity index (χ3n) is 4.21. The molecule has 0 saturated carbocycles. The Balaban J connectivity index is 1.74. The van der Waals surface area contributed by atoms with Gasteiger partial charge in [0.25, 0.3) is 5.56 Å². The minimum absolute atomic E-state index is 0.273. The number of aryl methyl sites for hydroxylation is 3. The Morgan fingerprint density at radius 2 is 2.00 bits per heavy atom. The average Bonchev–Trinajstić information content (AvgIpc) is 2.83. The van der Waals surface area contributed by atoms with Crippen LogP contribution in [0.15, 0.2) is 21.9 Å². The SMILES string of the molecule is Cn1cc(/C=C/C(=O)Nc2nc3c(s2)CCCCC3)c(=O)n(C)c1=O. The molecule has 0 unspecified atom stereocenters. The summed E-state index contributed by atoms with van der Waals surface area (Å²) in [7, 11) is 2.96. The van der Waals surface area contributed by atoms with Crippen LogP contribution in [0.5, 0.6) is 0 Å². The van der Waals surface area contributed by atoms with Gasteiger partial charge in [-0.3, -0.25) is 19.5 Å². The highest BCUT2D eigenvalue weighted by Crippen LogP contribution is 2.28. The van der Waals surface area contributed by atoms with Gasteiger partial charge in [-0.15, -0.1) is 11.3 Å². The number of amides is 1. The predicted octanol–water partition coefficient (Wildman–Crippen LogP) is 1.46. The van der Waals surface area contributed by atoms with Gasteiger partial charge >= 0.3 is 5.69 Å². The fourth-order valence-electron chi connectivity index (χ4n) is 2.85. The van der Waals surface area contributed by atoms with Gasteiger partial charge in [0.1, 0.15) is 0 Å². The van der Waals surface area contributed by atoms with Gasteiger partial charge in [0.05, 0.1) is 11.3 Å². The van der Waals surface area contributed by atoms with Crippen molar-refractivity contribution in [3.05, 3.63) is 49.2 Å². The van der Waals surface area contributed by atoms with E-state index in [-0.39, 0.29) is 11.5 Å². The first kappa shape index (κ1) is 17.3. The van der Waals surface area contributed by atoms with Crippen molar-refractivity contribution in [3.8, 4) is 0 Å². The van der Waals surface area contributed by atoms with Crippen LogP contribution in [-0.4, -0.2) is 20.0 Å². The number of carbonyl (C=O) groups excluding carboxylic acids is 1. The maximum Gasteiger partial charge on any atom is 0.330 e. The lowest BCUT2D eigenvalue weighted by molar-refractivity contribution is -0.111. The van der Waals surface area contributed by atoms with Crippen molar-refractivity contribution in [1.29, 1.82) is 0 Å². The molecule has 1 amide bonds. The number of nitrogens with one attached hydrogen (secondary N) is 1. The molecule has 2 aromatic heterocycles. The van der Waals surface area contributed by atoms with Gasteiger partial charge < -0.3 is 4.57 Å². The van der Waals surface area contributed by atoms with E-state index >= 15 is 0 Å². The molecule has 0 spiro atoms. The summed E-state index contributed by atoms with van der Waals surface area (Å²) in [4.78, 5) is 41.6. The van der Waals surface area contributed by atoms with Gasteiger partial charge in [-0.1, -0.05) is 6.42 Å². The Morgan fingerprint density at radius 3 is 2.80 bits per heavy atom. The highest BCUT2D eigenvalue weighted by molar-refractivity contribution is 7.15. The Bertz CT molecular complexity index is 928. The van der Waals surface area contributed by atoms with E-state index in [1.807, 2.05) is 0 Å². The van der Waals surface area contributed by atoms with E-state index in [0.29, 0.717) is 5.13 Å². The van der Waals surface area contributed by atoms with Crippen LogP contribution in [0.1, 0.15) is 35.4 Å². The van der Waals surface area contributed by atoms with E-state index in [0.717, 1.165) is 29.5 Å². The molecular weight excluding hydrogens is 340 g/mol. The average molecular weight is 360 g/mol. The minimum atomic E-state index is -0.437. The van der Waals surface area contributed by atoms with E-state index in [2.05, 4.69) is 10.3 Å². The van der Waals surface area contributed by atoms with Crippen molar-refractivity contribution in [1.82, 2.24) is 14.1 Å². The van der Waals surface area contributed by atoms with Crippen LogP contribution in [-0.2, 0) is 31.7 Å². The summed E-state index contributed by atoms with van der Waals surface area (Å²) in [6.07, 6.45) is 9.63. The van der Waals surface area contributed by atoms with Gasteiger partial charge in [-0.05, 0) is 31.8 Å². The molecule has 1 aliphatic carbocycles. The normalized spacial score (nSPS) is 14.3. The van der Waals surface area contributed by atoms with Gasteiger partial charge in [0.2, 0.25) is 5.91 Å². The van der Waals surface area contributed by atoms with E-state index in [9.17, 15) is 14.4 Å². The second kappa shape index (κ2) is 7.18. The molecule has 0 saturated heterocycles. The van der Waals surface area contributed by atoms with Crippen LogP contribution in [0.25, 0.3) is 6.08 Å². The first-order valence-electron chi connectivity index (χ1n) is 8.20. The Morgan fingerprint density at radius 1 is 1.24 bits per heavy atom. The number of carbonyl (C=O) groups is 1. The number of rotatable bonds is 3. The molecule has 0 bridgehead atoms. The van der Waals surface area contributed by atoms with Crippen molar-refractivity contribution < 1.29 is 4.79 Å². The summed E-state index contributed by atoms with van der Waals surface area (Å²) < 4.78 is 2.31. The fraction of sp³-hybridized carbons (Fsp3) is 0.412. The molecule has 1 aliphatic rings. The summed E-state index contributed by atoms with van der Waals surface area (Å²) in [5, 5.41) is 3.35. The van der Waals surface area contributed by atoms with Crippen LogP contribution in [0.3, 0.4) is 0 Å². The van der Waals surface area contributed by atoms with Crippen LogP contribution in [0.2, 0.25) is 0 Å². The topological polar surface area (TPSA) is 86.0 Å². The Kier molecular flexibility index (Phi) is 4.98. The third-order valence-corrected chi connectivity index (χ3v) is 5.29. The molecule has 1 N–H and O–H groups in total. The van der Waals surface area contributed by atoms with Gasteiger partial charge in [0.15, 0.2) is 5.13 Å². The molecule has 0 atom stereocenters. The summed E-state index contributed by atoms with van der Waals surface area (Å²) in [6.45, 7) is 0. The lowest BCUT2D eigenvalue weighted by Crippen LogP contribution is -2.37. The lowest BCUT2D eigenvalue weighted by atomic mass is 10.2. The van der Waals surface area contributed by atoms with Gasteiger partial charge in [-0.2, -0.15) is 0 Å². The van der Waals surface area contributed by atoms with E-state index < -0.39 is 11.2 Å². The van der Waals surface area contributed by atoms with E-state index in [1.54, 1.807) is 7.05 Å². The molecule has 3 rings (SSSR count). The molecule has 2 aromatic rings. The van der Waals surface area contributed by atoms with Crippen LogP contribution >= 0.6 is 11.3 Å². The number of hydrogen-bond donors (Lipinski definition) is 1. The van der Waals surface area contributed by atoms with Crippen LogP contribution in [0.4, 0.5) is 5.13 Å². The summed E-state index contributed by atoms with van der Waals surface area (Å²) in [5.41, 5.74) is 0.521. The van der Waals surface area contributed by atoms with Crippen LogP contribution in [0, 0.1) is 0 Å². The zero-order valence-electron chi connectivity index (χ0n) is 14.2. The highest BCUT2D eigenvalue weighted by atomic mass is 32.1. The summed E-state index contributed by atoms with van der Waals surface area (Å²) >= 11 is 1.52. The molecule has 0 aromatic carbocycles. The number of anilines is 1. The first-order chi connectivity index (χ1) is 12.0. The number of thiazole rings is 1. The fourth-order valence-corrected chi connectivity index (χ4v) is 3.90. The number of aromatic nitrogens is 3.